The molecule has 0 saturated carbocycles. The molecule has 2 aromatic carbocycles. The fourth-order valence-electron chi connectivity index (χ4n) is 6.15. The minimum atomic E-state index is -0.269. The number of hydrogen-bond acceptors (Lipinski definition) is 7. The maximum absolute atomic E-state index is 14.0. The third-order valence-corrected chi connectivity index (χ3v) is 9.37. The van der Waals surface area contributed by atoms with E-state index in [9.17, 15) is 9.90 Å². The van der Waals surface area contributed by atoms with Gasteiger partial charge in [0.05, 0.1) is 23.0 Å². The summed E-state index contributed by atoms with van der Waals surface area (Å²) in [5.41, 5.74) is 6.83. The van der Waals surface area contributed by atoms with Crippen molar-refractivity contribution in [3.8, 4) is 11.5 Å². The van der Waals surface area contributed by atoms with Crippen LogP contribution in [0, 0.1) is 6.92 Å². The van der Waals surface area contributed by atoms with Crippen molar-refractivity contribution >= 4 is 34.0 Å². The molecule has 0 spiro atoms. The van der Waals surface area contributed by atoms with Gasteiger partial charge in [0.25, 0.3) is 5.91 Å². The third-order valence-electron chi connectivity index (χ3n) is 8.36. The second-order valence-electron chi connectivity index (χ2n) is 11.1. The number of pyridine rings is 1. The number of nitrogens with zero attached hydrogens (tertiary/aromatic N) is 3. The Bertz CT molecular complexity index is 1590. The average Bonchev–Trinajstić information content (AvgIpc) is 3.72. The third kappa shape index (κ3) is 4.80. The van der Waals surface area contributed by atoms with E-state index < -0.39 is 0 Å². The van der Waals surface area contributed by atoms with Crippen LogP contribution in [0.15, 0.2) is 47.8 Å². The second-order valence-corrected chi connectivity index (χ2v) is 12.1. The summed E-state index contributed by atoms with van der Waals surface area (Å²) in [5.74, 6) is 2.38. The fourth-order valence-corrected chi connectivity index (χ4v) is 7.04. The number of ether oxygens (including phenoxy) is 2. The molecule has 1 aliphatic carbocycles. The van der Waals surface area contributed by atoms with E-state index >= 15 is 0 Å². The number of amides is 1. The molecule has 7 rings (SSSR count). The van der Waals surface area contributed by atoms with Gasteiger partial charge >= 0.3 is 0 Å². The topological polar surface area (TPSA) is 75.1 Å². The van der Waals surface area contributed by atoms with Crippen molar-refractivity contribution in [1.82, 2.24) is 9.88 Å². The van der Waals surface area contributed by atoms with E-state index in [1.165, 1.54) is 28.9 Å². The lowest BCUT2D eigenvalue weighted by atomic mass is 10.0. The smallest absolute Gasteiger partial charge is 0.264 e. The molecule has 0 atom stereocenters. The Morgan fingerprint density at radius 1 is 1.05 bits per heavy atom. The monoisotopic (exact) mass is 555 g/mol. The van der Waals surface area contributed by atoms with Crippen molar-refractivity contribution in [2.75, 3.05) is 24.8 Å². The highest BCUT2D eigenvalue weighted by atomic mass is 32.1. The number of hydrogen-bond donors (Lipinski definition) is 1. The largest absolute Gasteiger partial charge is 0.454 e. The van der Waals surface area contributed by atoms with Gasteiger partial charge in [0.1, 0.15) is 5.82 Å². The Kier molecular flexibility index (Phi) is 6.60. The van der Waals surface area contributed by atoms with E-state index in [2.05, 4.69) is 23.1 Å². The van der Waals surface area contributed by atoms with Crippen LogP contribution in [-0.4, -0.2) is 46.9 Å². The van der Waals surface area contributed by atoms with Gasteiger partial charge in [-0.1, -0.05) is 6.07 Å². The summed E-state index contributed by atoms with van der Waals surface area (Å²) in [4.78, 5) is 24.2. The molecule has 3 aliphatic rings. The van der Waals surface area contributed by atoms with Crippen molar-refractivity contribution in [2.45, 2.75) is 58.2 Å². The van der Waals surface area contributed by atoms with E-state index in [1.807, 2.05) is 41.5 Å². The van der Waals surface area contributed by atoms with Crippen LogP contribution in [0.5, 0.6) is 11.5 Å². The van der Waals surface area contributed by atoms with Crippen LogP contribution in [0.4, 0.5) is 5.82 Å². The standard InChI is InChI=1S/C32H33N3O4S/c1-20-9-12-40-30(20)32(37)35(17-21-5-6-28-29(13-21)39-19-38-28)18-25-15-24-14-22-3-2-4-23(22)16-27(24)33-31(25)34-10-7-26(36)8-11-34/h5-6,9,12-16,26,36H,2-4,7-8,10-11,17-19H2,1H3. The highest BCUT2D eigenvalue weighted by Gasteiger charge is 2.26. The number of carbonyl (C=O) groups is 1. The molecule has 0 unspecified atom stereocenters. The number of fused-ring (bicyclic) bond motifs is 3. The summed E-state index contributed by atoms with van der Waals surface area (Å²) in [7, 11) is 0. The van der Waals surface area contributed by atoms with Gasteiger partial charge in [-0.3, -0.25) is 4.79 Å². The van der Waals surface area contributed by atoms with Crippen LogP contribution < -0.4 is 14.4 Å². The molecule has 1 amide bonds. The van der Waals surface area contributed by atoms with Gasteiger partial charge in [0, 0.05) is 30.6 Å². The quantitative estimate of drug-likeness (QED) is 0.333. The number of rotatable bonds is 6. The summed E-state index contributed by atoms with van der Waals surface area (Å²) < 4.78 is 11.1. The minimum absolute atomic E-state index is 0.0132. The molecule has 1 fully saturated rings. The lowest BCUT2D eigenvalue weighted by molar-refractivity contribution is 0.0734. The zero-order valence-electron chi connectivity index (χ0n) is 22.7. The Morgan fingerprint density at radius 3 is 2.65 bits per heavy atom. The number of aromatic nitrogens is 1. The van der Waals surface area contributed by atoms with Crippen molar-refractivity contribution in [3.05, 3.63) is 80.5 Å². The minimum Gasteiger partial charge on any atom is -0.454 e. The molecule has 4 heterocycles. The number of aliphatic hydroxyl groups is 1. The van der Waals surface area contributed by atoms with Gasteiger partial charge in [-0.05, 0) is 103 Å². The highest BCUT2D eigenvalue weighted by molar-refractivity contribution is 7.12. The second kappa shape index (κ2) is 10.4. The predicted octanol–water partition coefficient (Wildman–Crippen LogP) is 5.63. The van der Waals surface area contributed by atoms with E-state index in [0.717, 1.165) is 82.8 Å². The molecule has 2 aliphatic heterocycles. The van der Waals surface area contributed by atoms with Crippen LogP contribution in [0.25, 0.3) is 10.9 Å². The highest BCUT2D eigenvalue weighted by Crippen LogP contribution is 2.35. The summed E-state index contributed by atoms with van der Waals surface area (Å²) in [6.45, 7) is 4.57. The zero-order chi connectivity index (χ0) is 27.2. The summed E-state index contributed by atoms with van der Waals surface area (Å²) in [6, 6.07) is 14.7. The molecule has 7 nitrogen and oxygen atoms in total. The van der Waals surface area contributed by atoms with E-state index in [1.54, 1.807) is 0 Å². The Labute approximate surface area is 238 Å². The van der Waals surface area contributed by atoms with Gasteiger partial charge in [-0.2, -0.15) is 0 Å². The molecule has 206 valence electrons. The summed E-state index contributed by atoms with van der Waals surface area (Å²) >= 11 is 1.49. The van der Waals surface area contributed by atoms with Crippen molar-refractivity contribution < 1.29 is 19.4 Å². The van der Waals surface area contributed by atoms with Gasteiger partial charge in [0.2, 0.25) is 6.79 Å². The van der Waals surface area contributed by atoms with Crippen LogP contribution in [-0.2, 0) is 25.9 Å². The number of piperidine rings is 1. The van der Waals surface area contributed by atoms with Crippen LogP contribution >= 0.6 is 11.3 Å². The van der Waals surface area contributed by atoms with Gasteiger partial charge in [0.15, 0.2) is 11.5 Å². The Hall–Kier alpha value is -3.62. The number of thiophene rings is 1. The summed E-state index contributed by atoms with van der Waals surface area (Å²) in [6.07, 6.45) is 4.58. The number of aliphatic hydroxyl groups excluding tert-OH is 1. The zero-order valence-corrected chi connectivity index (χ0v) is 23.5. The van der Waals surface area contributed by atoms with E-state index in [-0.39, 0.29) is 18.8 Å². The van der Waals surface area contributed by atoms with Crippen molar-refractivity contribution in [1.29, 1.82) is 0 Å². The SMILES string of the molecule is Cc1ccsc1C(=O)N(Cc1ccc2c(c1)OCO2)Cc1cc2cc3c(cc2nc1N1CCC(O)CC1)CCC3. The fraction of sp³-hybridized carbons (Fsp3) is 0.375. The average molecular weight is 556 g/mol. The Morgan fingerprint density at radius 2 is 1.85 bits per heavy atom. The van der Waals surface area contributed by atoms with Gasteiger partial charge in [-0.25, -0.2) is 4.98 Å². The van der Waals surface area contributed by atoms with Gasteiger partial charge in [-0.15, -0.1) is 11.3 Å². The first-order valence-electron chi connectivity index (χ1n) is 14.1. The number of carbonyl (C=O) groups excluding carboxylic acids is 1. The number of anilines is 1. The maximum atomic E-state index is 14.0. The molecule has 1 saturated heterocycles. The normalized spacial score (nSPS) is 16.5. The summed E-state index contributed by atoms with van der Waals surface area (Å²) in [5, 5.41) is 13.3. The van der Waals surface area contributed by atoms with Crippen LogP contribution in [0.3, 0.4) is 0 Å². The molecule has 1 N–H and O–H groups in total. The van der Waals surface area contributed by atoms with Crippen molar-refractivity contribution in [3.63, 3.8) is 0 Å². The Balaban J connectivity index is 1.29. The lowest BCUT2D eigenvalue weighted by Gasteiger charge is -2.33. The van der Waals surface area contributed by atoms with E-state index in [4.69, 9.17) is 14.5 Å². The molecule has 2 aromatic heterocycles. The number of aryl methyl sites for hydroxylation is 3. The first kappa shape index (κ1) is 25.4. The molecular formula is C32H33N3O4S. The van der Waals surface area contributed by atoms with Crippen molar-refractivity contribution in [2.24, 2.45) is 0 Å². The van der Waals surface area contributed by atoms with Crippen LogP contribution in [0.1, 0.15) is 56.8 Å². The van der Waals surface area contributed by atoms with E-state index in [0.29, 0.717) is 18.8 Å². The molecule has 40 heavy (non-hydrogen) atoms. The first-order valence-corrected chi connectivity index (χ1v) is 15.0. The predicted molar refractivity (Wildman–Crippen MR) is 156 cm³/mol. The van der Waals surface area contributed by atoms with Crippen LogP contribution in [0.2, 0.25) is 0 Å². The first-order chi connectivity index (χ1) is 19.5. The molecule has 8 heteroatoms. The molecule has 0 bridgehead atoms. The maximum Gasteiger partial charge on any atom is 0.264 e. The molecule has 0 radical (unpaired) electrons. The molecule has 4 aromatic rings. The number of benzene rings is 2. The van der Waals surface area contributed by atoms with Gasteiger partial charge < -0.3 is 24.4 Å². The lowest BCUT2D eigenvalue weighted by Crippen LogP contribution is -2.38. The molecular weight excluding hydrogens is 522 g/mol.